The van der Waals surface area contributed by atoms with Gasteiger partial charge in [0.2, 0.25) is 0 Å². The van der Waals surface area contributed by atoms with Crippen molar-refractivity contribution in [1.82, 2.24) is 0 Å². The number of methoxy groups -OCH3 is 7. The van der Waals surface area contributed by atoms with Crippen LogP contribution in [0.15, 0.2) is 85.0 Å². The molecule has 0 radical (unpaired) electrons. The second-order valence-corrected chi connectivity index (χ2v) is 41.0. The minimum atomic E-state index is -0.610. The quantitative estimate of drug-likeness (QED) is 0.0449. The summed E-state index contributed by atoms with van der Waals surface area (Å²) in [5.41, 5.74) is 18.2. The molecule has 0 spiro atoms. The van der Waals surface area contributed by atoms with Gasteiger partial charge in [-0.2, -0.15) is 0 Å². The first-order valence-electron chi connectivity index (χ1n) is 46.4. The number of phenols is 3. The first kappa shape index (κ1) is 86.4. The molecule has 0 saturated heterocycles. The molecule has 0 amide bonds. The SMILES string of the molecule is C=C1CCC2C3CCc4cc(O)c(OC)cc4C3CC[C@]12C.C=C1CCC2C3CCc4cc(OCOC)c(OC)cc4C3CC[C@]12C.COCOc1cc2c(cc1OC)C1CC[C@@]3(C)C(CC[C@@H]3CO)C1CC2.COc1cc2c(cc1O)CCC1C2CC[C@@]2(C)C1CC[C@@H]2C(=O)O.COc1cc2c(cc1O)CCC1C2CC[C@@]2(C)C1CC[C@@H]2CO. The molecule has 23 atom stereocenters. The molecule has 0 heterocycles. The molecule has 15 unspecified atom stereocenters. The highest BCUT2D eigenvalue weighted by Crippen LogP contribution is 2.69. The molecule has 0 aromatic heterocycles. The van der Waals surface area contributed by atoms with Crippen LogP contribution >= 0.6 is 0 Å². The highest BCUT2D eigenvalue weighted by atomic mass is 16.7. The van der Waals surface area contributed by atoms with Gasteiger partial charge < -0.3 is 73.3 Å². The number of fused-ring (bicyclic) bond motifs is 25. The molecule has 6 N–H and O–H groups in total. The van der Waals surface area contributed by atoms with Crippen LogP contribution in [0, 0.1) is 104 Å². The van der Waals surface area contributed by atoms with E-state index in [2.05, 4.69) is 84.2 Å². The Morgan fingerprint density at radius 3 is 0.950 bits per heavy atom. The summed E-state index contributed by atoms with van der Waals surface area (Å²) >= 11 is 0. The maximum absolute atomic E-state index is 11.7. The zero-order valence-corrected chi connectivity index (χ0v) is 74.4. The Labute approximate surface area is 715 Å². The fraction of sp³-hybridized carbons (Fsp3) is 0.663. The predicted molar refractivity (Wildman–Crippen MR) is 469 cm³/mol. The summed E-state index contributed by atoms with van der Waals surface area (Å²) in [7, 11) is 11.6. The van der Waals surface area contributed by atoms with Crippen LogP contribution < -0.4 is 33.2 Å². The molecule has 16 nitrogen and oxygen atoms in total. The maximum atomic E-state index is 11.7. The fourth-order valence-electron chi connectivity index (χ4n) is 30.2. The molecule has 0 aliphatic heterocycles. The summed E-state index contributed by atoms with van der Waals surface area (Å²) in [5, 5.41) is 59.4. The molecule has 10 fully saturated rings. The third-order valence-corrected chi connectivity index (χ3v) is 36.8. The maximum Gasteiger partial charge on any atom is 0.307 e. The van der Waals surface area contributed by atoms with E-state index in [-0.39, 0.29) is 42.2 Å². The van der Waals surface area contributed by atoms with E-state index in [1.807, 2.05) is 24.3 Å². The van der Waals surface area contributed by atoms with Crippen molar-refractivity contribution in [2.24, 2.45) is 104 Å². The molecule has 15 aliphatic carbocycles. The second-order valence-electron chi connectivity index (χ2n) is 41.0. The number of allylic oxidation sites excluding steroid dienone is 2. The van der Waals surface area contributed by atoms with Crippen molar-refractivity contribution in [2.45, 2.75) is 257 Å². The van der Waals surface area contributed by atoms with Crippen LogP contribution in [0.2, 0.25) is 0 Å². The Hall–Kier alpha value is -7.11. The molecule has 120 heavy (non-hydrogen) atoms. The lowest BCUT2D eigenvalue weighted by Gasteiger charge is -2.51. The summed E-state index contributed by atoms with van der Waals surface area (Å²) in [6.45, 7) is 22.0. The van der Waals surface area contributed by atoms with Crippen LogP contribution in [-0.2, 0) is 46.4 Å². The molecule has 5 aromatic rings. The van der Waals surface area contributed by atoms with Gasteiger partial charge in [-0.15, -0.1) is 0 Å². The number of aliphatic hydroxyl groups excluding tert-OH is 2. The van der Waals surface area contributed by atoms with Crippen molar-refractivity contribution in [2.75, 3.05) is 76.6 Å². The third kappa shape index (κ3) is 15.0. The number of carbonyl (C=O) groups is 1. The van der Waals surface area contributed by atoms with Crippen LogP contribution in [0.5, 0.6) is 57.5 Å². The molecular weight excluding hydrogens is 1510 g/mol. The summed E-state index contributed by atoms with van der Waals surface area (Å²) in [4.78, 5) is 11.7. The fourth-order valence-corrected chi connectivity index (χ4v) is 30.2. The zero-order chi connectivity index (χ0) is 84.6. The topological polar surface area (TPSA) is 222 Å². The average molecular weight is 1650 g/mol. The van der Waals surface area contributed by atoms with Crippen molar-refractivity contribution in [3.8, 4) is 57.5 Å². The van der Waals surface area contributed by atoms with Crippen LogP contribution in [0.1, 0.15) is 280 Å². The first-order valence-corrected chi connectivity index (χ1v) is 46.4. The van der Waals surface area contributed by atoms with Crippen LogP contribution in [0.3, 0.4) is 0 Å². The van der Waals surface area contributed by atoms with Crippen LogP contribution in [-0.4, -0.2) is 113 Å². The van der Waals surface area contributed by atoms with E-state index in [4.69, 9.17) is 42.6 Å². The molecule has 10 saturated carbocycles. The Kier molecular flexibility index (Phi) is 25.0. The van der Waals surface area contributed by atoms with Crippen molar-refractivity contribution >= 4 is 5.97 Å². The van der Waals surface area contributed by atoms with Gasteiger partial charge in [0, 0.05) is 27.4 Å². The van der Waals surface area contributed by atoms with E-state index in [9.17, 15) is 35.4 Å². The number of aromatic hydroxyl groups is 3. The molecule has 5 aromatic carbocycles. The third-order valence-electron chi connectivity index (χ3n) is 36.8. The van der Waals surface area contributed by atoms with E-state index in [0.717, 1.165) is 135 Å². The normalized spacial score (nSPS) is 36.1. The highest BCUT2D eigenvalue weighted by molar-refractivity contribution is 5.72. The number of hydrogen-bond donors (Lipinski definition) is 6. The van der Waals surface area contributed by atoms with Gasteiger partial charge in [0.15, 0.2) is 71.1 Å². The van der Waals surface area contributed by atoms with Crippen molar-refractivity contribution in [3.05, 3.63) is 141 Å². The van der Waals surface area contributed by atoms with Gasteiger partial charge in [0.1, 0.15) is 0 Å². The molecular formula is C104H142O16. The second kappa shape index (κ2) is 34.8. The average Bonchev–Trinajstić information content (AvgIpc) is 1.55. The Balaban J connectivity index is 0.000000112. The lowest BCUT2D eigenvalue weighted by Crippen LogP contribution is -2.44. The van der Waals surface area contributed by atoms with Crippen molar-refractivity contribution < 1.29 is 78.1 Å². The zero-order valence-electron chi connectivity index (χ0n) is 74.4. The number of hydrogen-bond acceptors (Lipinski definition) is 15. The first-order chi connectivity index (χ1) is 57.8. The Bertz CT molecular complexity index is 4580. The number of phenolic OH excluding ortho intramolecular Hbond substituents is 3. The van der Waals surface area contributed by atoms with Gasteiger partial charge in [-0.3, -0.25) is 4.79 Å². The summed E-state index contributed by atoms with van der Waals surface area (Å²) < 4.78 is 48.8. The van der Waals surface area contributed by atoms with Gasteiger partial charge in [-0.25, -0.2) is 0 Å². The van der Waals surface area contributed by atoms with E-state index >= 15 is 0 Å². The summed E-state index contributed by atoms with van der Waals surface area (Å²) in [5.74, 6) is 16.2. The smallest absolute Gasteiger partial charge is 0.307 e. The number of aliphatic hydroxyl groups is 2. The largest absolute Gasteiger partial charge is 0.504 e. The lowest BCUT2D eigenvalue weighted by molar-refractivity contribution is -0.147. The molecule has 20 rings (SSSR count). The van der Waals surface area contributed by atoms with E-state index in [0.29, 0.717) is 105 Å². The number of benzene rings is 5. The highest BCUT2D eigenvalue weighted by Gasteiger charge is 2.60. The Morgan fingerprint density at radius 1 is 0.342 bits per heavy atom. The van der Waals surface area contributed by atoms with Gasteiger partial charge in [-0.1, -0.05) is 58.9 Å². The van der Waals surface area contributed by atoms with E-state index in [1.165, 1.54) is 195 Å². The minimum absolute atomic E-state index is 0.0501. The lowest BCUT2D eigenvalue weighted by atomic mass is 9.54. The Morgan fingerprint density at radius 2 is 0.633 bits per heavy atom. The number of aliphatic carboxylic acids is 1. The summed E-state index contributed by atoms with van der Waals surface area (Å²) in [6, 6.07) is 20.8. The van der Waals surface area contributed by atoms with Gasteiger partial charge in [0.05, 0.1) is 41.5 Å². The molecule has 654 valence electrons. The van der Waals surface area contributed by atoms with E-state index in [1.54, 1.807) is 49.8 Å². The number of carboxylic acid groups (broad SMARTS) is 1. The number of aryl methyl sites for hydroxylation is 5. The number of rotatable bonds is 14. The minimum Gasteiger partial charge on any atom is -0.504 e. The summed E-state index contributed by atoms with van der Waals surface area (Å²) in [6.07, 6.45) is 35.4. The monoisotopic (exact) mass is 1650 g/mol. The van der Waals surface area contributed by atoms with Crippen molar-refractivity contribution in [1.29, 1.82) is 0 Å². The van der Waals surface area contributed by atoms with Crippen molar-refractivity contribution in [3.63, 3.8) is 0 Å². The molecule has 15 aliphatic rings. The van der Waals surface area contributed by atoms with Crippen LogP contribution in [0.25, 0.3) is 0 Å². The number of carboxylic acids is 1. The van der Waals surface area contributed by atoms with Gasteiger partial charge in [-0.05, 0) is 437 Å². The predicted octanol–water partition coefficient (Wildman–Crippen LogP) is 21.9. The van der Waals surface area contributed by atoms with Gasteiger partial charge >= 0.3 is 5.97 Å². The molecule has 0 bridgehead atoms. The number of ether oxygens (including phenoxy) is 9. The van der Waals surface area contributed by atoms with Crippen LogP contribution in [0.4, 0.5) is 0 Å². The molecule has 16 heteroatoms. The standard InChI is InChI=1S/C22H32O4.C22H30O3.C20H26O4.C20H28O3.C20H26O2/c1-22-9-8-16-17(19(22)7-5-15(22)12-23)6-4-14-10-21(26-13-24-2)20(25-3)11-18(14)16;1-14-5-8-19-17-7-6-15-11-21(25-13-23-3)20(24-4)12-18(15)16(17)9-10-22(14,19)2;1-20-8-7-12-13(15(20)5-6-16(20)19(22)23)4-3-11-9-17(21)18(24-2)10-14(11)12;1-20-8-7-14-15(17(20)6-4-13(20)11-21)5-3-12-9-18(22)19(23-2)10-16(12)14;1-12-4-7-17-15-6-5-13-10-18(21)19(22-3)11-16(13)14(15)8-9-20(12,17)2/h10-11,15-17,19,23H,4-9,12-13H2,1-3H3;11-12,16-17,19H,1,5-10,13H2,2-4H3;9-10,12-13,15-16,21H,3-8H2,1-2H3,(H,22,23);9-10,13-15,17,21-22H,3-8,11H2,1-2H3;10-11,14-15,17,21H,1,4-9H2,2-3H3/t15-,16?,17?,19?,22-;16?,17?,19?,22-;12?,13?,15?,16-,20+;13-,14?,15?,17?,20-;14?,15?,17?,20-/m11111/s1. The van der Waals surface area contributed by atoms with E-state index < -0.39 is 5.97 Å². The van der Waals surface area contributed by atoms with Gasteiger partial charge in [0.25, 0.3) is 0 Å².